The molecule has 0 bridgehead atoms. The predicted octanol–water partition coefficient (Wildman–Crippen LogP) is 3.46. The van der Waals surface area contributed by atoms with E-state index in [0.717, 1.165) is 36.9 Å². The summed E-state index contributed by atoms with van der Waals surface area (Å²) in [6.07, 6.45) is 4.17. The van der Waals surface area contributed by atoms with Gasteiger partial charge >= 0.3 is 0 Å². The molecule has 0 spiro atoms. The van der Waals surface area contributed by atoms with Crippen LogP contribution < -0.4 is 10.6 Å². The minimum absolute atomic E-state index is 0.176. The Labute approximate surface area is 172 Å². The molecule has 1 aliphatic heterocycles. The van der Waals surface area contributed by atoms with Gasteiger partial charge in [0.05, 0.1) is 25.5 Å². The molecule has 2 heterocycles. The average Bonchev–Trinajstić information content (AvgIpc) is 3.43. The minimum Gasteiger partial charge on any atom is -0.468 e. The predicted molar refractivity (Wildman–Crippen MR) is 112 cm³/mol. The molecule has 1 atom stereocenters. The van der Waals surface area contributed by atoms with E-state index in [1.807, 2.05) is 25.1 Å². The van der Waals surface area contributed by atoms with Gasteiger partial charge in [-0.3, -0.25) is 4.90 Å². The van der Waals surface area contributed by atoms with Crippen LogP contribution in [0.15, 0.2) is 46.0 Å². The molecular weight excluding hydrogens is 371 g/mol. The molecule has 0 radical (unpaired) electrons. The van der Waals surface area contributed by atoms with Crippen molar-refractivity contribution in [3.8, 4) is 0 Å². The van der Waals surface area contributed by atoms with Crippen LogP contribution in [-0.2, 0) is 17.9 Å². The summed E-state index contributed by atoms with van der Waals surface area (Å²) in [6, 6.07) is 9.18. The van der Waals surface area contributed by atoms with Crippen molar-refractivity contribution in [3.05, 3.63) is 59.3 Å². The topological polar surface area (TPSA) is 62.0 Å². The first-order valence-electron chi connectivity index (χ1n) is 10.3. The highest BCUT2D eigenvalue weighted by molar-refractivity contribution is 5.79. The average molecular weight is 403 g/mol. The van der Waals surface area contributed by atoms with Crippen LogP contribution in [-0.4, -0.2) is 44.1 Å². The molecule has 0 aliphatic carbocycles. The molecule has 7 heteroatoms. The van der Waals surface area contributed by atoms with Crippen molar-refractivity contribution in [2.24, 2.45) is 4.99 Å². The second-order valence-electron chi connectivity index (χ2n) is 7.21. The second kappa shape index (κ2) is 11.0. The van der Waals surface area contributed by atoms with Crippen LogP contribution in [0.4, 0.5) is 4.39 Å². The lowest BCUT2D eigenvalue weighted by molar-refractivity contribution is 0.181. The van der Waals surface area contributed by atoms with Gasteiger partial charge in [-0.2, -0.15) is 0 Å². The number of guanidine groups is 1. The van der Waals surface area contributed by atoms with Crippen LogP contribution >= 0.6 is 0 Å². The molecule has 1 unspecified atom stereocenters. The van der Waals surface area contributed by atoms with Crippen molar-refractivity contribution in [2.75, 3.05) is 33.3 Å². The highest BCUT2D eigenvalue weighted by atomic mass is 19.1. The Morgan fingerprint density at radius 2 is 2.10 bits per heavy atom. The Morgan fingerprint density at radius 1 is 1.28 bits per heavy atom. The zero-order chi connectivity index (χ0) is 20.5. The maximum absolute atomic E-state index is 13.8. The quantitative estimate of drug-likeness (QED) is 0.497. The van der Waals surface area contributed by atoms with Gasteiger partial charge in [0.25, 0.3) is 0 Å². The number of furan rings is 1. The second-order valence-corrected chi connectivity index (χ2v) is 7.21. The zero-order valence-corrected chi connectivity index (χ0v) is 17.3. The van der Waals surface area contributed by atoms with Gasteiger partial charge in [-0.15, -0.1) is 0 Å². The highest BCUT2D eigenvalue weighted by Crippen LogP contribution is 2.24. The first kappa shape index (κ1) is 21.3. The van der Waals surface area contributed by atoms with E-state index in [4.69, 9.17) is 9.15 Å². The van der Waals surface area contributed by atoms with E-state index in [-0.39, 0.29) is 18.5 Å². The Kier molecular flexibility index (Phi) is 8.07. The minimum atomic E-state index is -0.253. The summed E-state index contributed by atoms with van der Waals surface area (Å²) in [5.41, 5.74) is 1.49. The fourth-order valence-corrected chi connectivity index (χ4v) is 3.64. The van der Waals surface area contributed by atoms with E-state index in [9.17, 15) is 4.39 Å². The molecule has 29 heavy (non-hydrogen) atoms. The largest absolute Gasteiger partial charge is 0.468 e. The Balaban J connectivity index is 1.66. The number of aliphatic imine (C=N–C) groups is 1. The normalized spacial score (nSPS) is 16.2. The number of hydrogen-bond acceptors (Lipinski definition) is 4. The third-order valence-corrected chi connectivity index (χ3v) is 5.09. The Bertz CT molecular complexity index is 773. The van der Waals surface area contributed by atoms with E-state index in [1.165, 1.54) is 18.9 Å². The number of likely N-dealkylation sites (tertiary alicyclic amines) is 1. The number of methoxy groups -OCH3 is 1. The third kappa shape index (κ3) is 6.05. The lowest BCUT2D eigenvalue weighted by Crippen LogP contribution is -2.42. The van der Waals surface area contributed by atoms with Crippen molar-refractivity contribution in [3.63, 3.8) is 0 Å². The molecule has 0 amide bonds. The maximum atomic E-state index is 13.8. The SMILES string of the molecule is CCNC(=NCc1ccc(F)c(COC)c1)NCC(c1ccco1)N1CCCC1. The van der Waals surface area contributed by atoms with E-state index >= 15 is 0 Å². The van der Waals surface area contributed by atoms with Gasteiger partial charge in [0.15, 0.2) is 5.96 Å². The molecule has 2 N–H and O–H groups in total. The summed E-state index contributed by atoms with van der Waals surface area (Å²) in [5, 5.41) is 6.73. The molecule has 3 rings (SSSR count). The molecule has 1 aromatic heterocycles. The van der Waals surface area contributed by atoms with Crippen molar-refractivity contribution >= 4 is 5.96 Å². The number of hydrogen-bond donors (Lipinski definition) is 2. The molecule has 1 aliphatic rings. The molecule has 1 fully saturated rings. The Hall–Kier alpha value is -2.38. The van der Waals surface area contributed by atoms with E-state index in [1.54, 1.807) is 19.4 Å². The van der Waals surface area contributed by atoms with Crippen LogP contribution in [0.1, 0.15) is 42.7 Å². The van der Waals surface area contributed by atoms with E-state index in [0.29, 0.717) is 18.7 Å². The molecule has 2 aromatic rings. The first-order valence-corrected chi connectivity index (χ1v) is 10.3. The van der Waals surface area contributed by atoms with Gasteiger partial charge < -0.3 is 19.8 Å². The standard InChI is InChI=1S/C22H31FN4O2/c1-3-24-22(25-14-17-8-9-19(23)18(13-17)16-28-2)26-15-20(21-7-6-12-29-21)27-10-4-5-11-27/h6-9,12-13,20H,3-5,10-11,14-16H2,1-2H3,(H2,24,25,26). The van der Waals surface area contributed by atoms with Crippen LogP contribution in [0.3, 0.4) is 0 Å². The molecule has 6 nitrogen and oxygen atoms in total. The molecule has 1 aromatic carbocycles. The van der Waals surface area contributed by atoms with Gasteiger partial charge in [0.2, 0.25) is 0 Å². The van der Waals surface area contributed by atoms with E-state index < -0.39 is 0 Å². The van der Waals surface area contributed by atoms with Crippen molar-refractivity contribution in [1.82, 2.24) is 15.5 Å². The van der Waals surface area contributed by atoms with Crippen molar-refractivity contribution in [2.45, 2.75) is 39.0 Å². The number of rotatable bonds is 9. The van der Waals surface area contributed by atoms with E-state index in [2.05, 4.69) is 20.5 Å². The fourth-order valence-electron chi connectivity index (χ4n) is 3.64. The van der Waals surface area contributed by atoms with Crippen LogP contribution in [0.25, 0.3) is 0 Å². The Morgan fingerprint density at radius 3 is 2.79 bits per heavy atom. The lowest BCUT2D eigenvalue weighted by atomic mass is 10.1. The smallest absolute Gasteiger partial charge is 0.191 e. The first-order chi connectivity index (χ1) is 14.2. The van der Waals surface area contributed by atoms with Crippen molar-refractivity contribution < 1.29 is 13.5 Å². The molecular formula is C22H31FN4O2. The number of nitrogens with zero attached hydrogens (tertiary/aromatic N) is 2. The van der Waals surface area contributed by atoms with Gasteiger partial charge in [0.1, 0.15) is 11.6 Å². The van der Waals surface area contributed by atoms with Gasteiger partial charge in [0, 0.05) is 25.8 Å². The summed E-state index contributed by atoms with van der Waals surface area (Å²) in [5.74, 6) is 1.45. The molecule has 0 saturated carbocycles. The monoisotopic (exact) mass is 402 g/mol. The summed E-state index contributed by atoms with van der Waals surface area (Å²) in [6.45, 7) is 6.38. The highest BCUT2D eigenvalue weighted by Gasteiger charge is 2.25. The fraction of sp³-hybridized carbons (Fsp3) is 0.500. The zero-order valence-electron chi connectivity index (χ0n) is 17.3. The van der Waals surface area contributed by atoms with Crippen LogP contribution in [0.2, 0.25) is 0 Å². The number of benzene rings is 1. The summed E-state index contributed by atoms with van der Waals surface area (Å²) in [7, 11) is 1.56. The third-order valence-electron chi connectivity index (χ3n) is 5.09. The summed E-state index contributed by atoms with van der Waals surface area (Å²) >= 11 is 0. The van der Waals surface area contributed by atoms with Gasteiger partial charge in [-0.1, -0.05) is 6.07 Å². The molecule has 1 saturated heterocycles. The maximum Gasteiger partial charge on any atom is 0.191 e. The number of halogens is 1. The number of ether oxygens (including phenoxy) is 1. The summed E-state index contributed by atoms with van der Waals surface area (Å²) < 4.78 is 24.6. The number of nitrogens with one attached hydrogen (secondary N) is 2. The summed E-state index contributed by atoms with van der Waals surface area (Å²) in [4.78, 5) is 7.13. The lowest BCUT2D eigenvalue weighted by Gasteiger charge is -2.26. The molecule has 158 valence electrons. The van der Waals surface area contributed by atoms with Crippen LogP contribution in [0, 0.1) is 5.82 Å². The van der Waals surface area contributed by atoms with Crippen LogP contribution in [0.5, 0.6) is 0 Å². The van der Waals surface area contributed by atoms with Crippen molar-refractivity contribution in [1.29, 1.82) is 0 Å². The van der Waals surface area contributed by atoms with Gasteiger partial charge in [-0.25, -0.2) is 9.38 Å². The van der Waals surface area contributed by atoms with Gasteiger partial charge in [-0.05, 0) is 62.7 Å².